The standard InChI is InChI=1S/C27H16N2/c1-6-13-22-17(8-1)16-24-25-20-11-4-2-9-18(20)19-10-3-5-12-21(19)26(25)27-23(29(22)24)14-7-15-28-27/h1-16H. The molecule has 7 rings (SSSR count). The molecule has 0 aliphatic heterocycles. The van der Waals surface area contributed by atoms with Gasteiger partial charge in [-0.2, -0.15) is 0 Å². The molecule has 0 atom stereocenters. The predicted octanol–water partition coefficient (Wildman–Crippen LogP) is 7.10. The highest BCUT2D eigenvalue weighted by molar-refractivity contribution is 6.34. The Morgan fingerprint density at radius 2 is 1.14 bits per heavy atom. The van der Waals surface area contributed by atoms with Gasteiger partial charge in [0.2, 0.25) is 0 Å². The smallest absolute Gasteiger partial charge is 0.0955 e. The van der Waals surface area contributed by atoms with E-state index >= 15 is 0 Å². The molecule has 0 N–H and O–H groups in total. The number of benzene rings is 4. The molecular weight excluding hydrogens is 352 g/mol. The van der Waals surface area contributed by atoms with Crippen molar-refractivity contribution in [2.75, 3.05) is 0 Å². The second-order valence-electron chi connectivity index (χ2n) is 7.64. The zero-order chi connectivity index (χ0) is 18.9. The molecule has 0 radical (unpaired) electrons. The minimum atomic E-state index is 1.05. The lowest BCUT2D eigenvalue weighted by atomic mass is 9.93. The fraction of sp³-hybridized carbons (Fsp3) is 0. The maximum absolute atomic E-state index is 4.88. The van der Waals surface area contributed by atoms with Crippen LogP contribution >= 0.6 is 0 Å². The van der Waals surface area contributed by atoms with Crippen molar-refractivity contribution in [3.05, 3.63) is 97.2 Å². The van der Waals surface area contributed by atoms with Gasteiger partial charge in [-0.25, -0.2) is 0 Å². The highest BCUT2D eigenvalue weighted by Crippen LogP contribution is 2.41. The third-order valence-corrected chi connectivity index (χ3v) is 6.16. The van der Waals surface area contributed by atoms with E-state index in [0.717, 1.165) is 11.0 Å². The molecule has 4 aromatic carbocycles. The van der Waals surface area contributed by atoms with Gasteiger partial charge in [0.25, 0.3) is 0 Å². The summed E-state index contributed by atoms with van der Waals surface area (Å²) in [5.41, 5.74) is 4.67. The maximum Gasteiger partial charge on any atom is 0.0955 e. The summed E-state index contributed by atoms with van der Waals surface area (Å²) in [5.74, 6) is 0. The predicted molar refractivity (Wildman–Crippen MR) is 123 cm³/mol. The molecule has 0 saturated carbocycles. The van der Waals surface area contributed by atoms with Crippen LogP contribution < -0.4 is 0 Å². The fourth-order valence-electron chi connectivity index (χ4n) is 5.02. The van der Waals surface area contributed by atoms with E-state index in [0.29, 0.717) is 0 Å². The molecule has 2 heteroatoms. The van der Waals surface area contributed by atoms with Crippen molar-refractivity contribution in [3.63, 3.8) is 0 Å². The second-order valence-corrected chi connectivity index (χ2v) is 7.64. The molecule has 3 aromatic heterocycles. The lowest BCUT2D eigenvalue weighted by molar-refractivity contribution is 1.31. The summed E-state index contributed by atoms with van der Waals surface area (Å²) < 4.78 is 2.38. The topological polar surface area (TPSA) is 17.3 Å². The van der Waals surface area contributed by atoms with Crippen LogP contribution in [0.4, 0.5) is 0 Å². The van der Waals surface area contributed by atoms with Crippen molar-refractivity contribution in [3.8, 4) is 0 Å². The molecule has 0 unspecified atom stereocenters. The van der Waals surface area contributed by atoms with Crippen LogP contribution in [0.25, 0.3) is 59.8 Å². The van der Waals surface area contributed by atoms with E-state index in [4.69, 9.17) is 4.98 Å². The lowest BCUT2D eigenvalue weighted by Gasteiger charge is -2.15. The summed E-state index contributed by atoms with van der Waals surface area (Å²) in [6.45, 7) is 0. The first kappa shape index (κ1) is 15.1. The normalized spacial score (nSPS) is 12.1. The van der Waals surface area contributed by atoms with Crippen LogP contribution in [0.1, 0.15) is 0 Å². The molecule has 0 saturated heterocycles. The quantitative estimate of drug-likeness (QED) is 0.261. The Hall–Kier alpha value is -3.91. The van der Waals surface area contributed by atoms with E-state index in [1.165, 1.54) is 48.7 Å². The van der Waals surface area contributed by atoms with Crippen molar-refractivity contribution < 1.29 is 0 Å². The second kappa shape index (κ2) is 5.33. The first-order valence-corrected chi connectivity index (χ1v) is 9.92. The number of rotatable bonds is 0. The monoisotopic (exact) mass is 368 g/mol. The van der Waals surface area contributed by atoms with Gasteiger partial charge in [-0.15, -0.1) is 0 Å². The van der Waals surface area contributed by atoms with Gasteiger partial charge in [0.1, 0.15) is 0 Å². The first-order valence-electron chi connectivity index (χ1n) is 9.92. The van der Waals surface area contributed by atoms with Gasteiger partial charge in [0.15, 0.2) is 0 Å². The van der Waals surface area contributed by atoms with Gasteiger partial charge in [-0.1, -0.05) is 66.7 Å². The van der Waals surface area contributed by atoms with Gasteiger partial charge in [-0.3, -0.25) is 4.98 Å². The van der Waals surface area contributed by atoms with Crippen molar-refractivity contribution in [1.29, 1.82) is 0 Å². The molecule has 0 spiro atoms. The number of hydrogen-bond acceptors (Lipinski definition) is 1. The third kappa shape index (κ3) is 1.83. The highest BCUT2D eigenvalue weighted by Gasteiger charge is 2.17. The summed E-state index contributed by atoms with van der Waals surface area (Å²) in [6.07, 6.45) is 1.91. The Morgan fingerprint density at radius 1 is 0.517 bits per heavy atom. The van der Waals surface area contributed by atoms with Crippen LogP contribution in [0.3, 0.4) is 0 Å². The van der Waals surface area contributed by atoms with Crippen LogP contribution in [0.5, 0.6) is 0 Å². The molecule has 7 aromatic rings. The number of para-hydroxylation sites is 1. The van der Waals surface area contributed by atoms with E-state index in [1.54, 1.807) is 0 Å². The largest absolute Gasteiger partial charge is 0.307 e. The summed E-state index contributed by atoms with van der Waals surface area (Å²) in [4.78, 5) is 4.88. The minimum absolute atomic E-state index is 1.05. The van der Waals surface area contributed by atoms with Crippen LogP contribution in [-0.4, -0.2) is 9.38 Å². The Labute approximate surface area is 166 Å². The summed E-state index contributed by atoms with van der Waals surface area (Å²) in [7, 11) is 0. The average Bonchev–Trinajstić information content (AvgIpc) is 3.18. The SMILES string of the molecule is c1ccc2c(c1)cc1c3c4ccccc4c4ccccc4c3c3ncccc3n21. The number of fused-ring (bicyclic) bond motifs is 13. The number of hydrogen-bond donors (Lipinski definition) is 0. The Kier molecular flexibility index (Phi) is 2.77. The first-order chi connectivity index (χ1) is 14.4. The molecule has 3 heterocycles. The Morgan fingerprint density at radius 3 is 1.93 bits per heavy atom. The molecule has 0 amide bonds. The summed E-state index contributed by atoms with van der Waals surface area (Å²) >= 11 is 0. The lowest BCUT2D eigenvalue weighted by Crippen LogP contribution is -1.94. The Balaban J connectivity index is 1.98. The molecule has 0 bridgehead atoms. The van der Waals surface area contributed by atoms with Crippen LogP contribution in [0, 0.1) is 0 Å². The highest BCUT2D eigenvalue weighted by atomic mass is 14.9. The van der Waals surface area contributed by atoms with Crippen molar-refractivity contribution >= 4 is 59.8 Å². The molecule has 2 nitrogen and oxygen atoms in total. The van der Waals surface area contributed by atoms with Crippen LogP contribution in [0.2, 0.25) is 0 Å². The number of nitrogens with zero attached hydrogens (tertiary/aromatic N) is 2. The van der Waals surface area contributed by atoms with E-state index in [9.17, 15) is 0 Å². The van der Waals surface area contributed by atoms with Gasteiger partial charge in [-0.05, 0) is 45.8 Å². The minimum Gasteiger partial charge on any atom is -0.307 e. The van der Waals surface area contributed by atoms with E-state index in [1.807, 2.05) is 12.3 Å². The third-order valence-electron chi connectivity index (χ3n) is 6.16. The van der Waals surface area contributed by atoms with E-state index in [2.05, 4.69) is 89.3 Å². The molecular formula is C27H16N2. The van der Waals surface area contributed by atoms with Crippen LogP contribution in [-0.2, 0) is 0 Å². The zero-order valence-electron chi connectivity index (χ0n) is 15.6. The number of aromatic nitrogens is 2. The molecule has 0 aliphatic carbocycles. The van der Waals surface area contributed by atoms with Crippen molar-refractivity contribution in [2.45, 2.75) is 0 Å². The van der Waals surface area contributed by atoms with Crippen molar-refractivity contribution in [1.82, 2.24) is 9.38 Å². The summed E-state index contributed by atoms with van der Waals surface area (Å²) in [5, 5.41) is 8.88. The molecule has 134 valence electrons. The van der Waals surface area contributed by atoms with Gasteiger partial charge < -0.3 is 4.40 Å². The van der Waals surface area contributed by atoms with Crippen molar-refractivity contribution in [2.24, 2.45) is 0 Å². The zero-order valence-corrected chi connectivity index (χ0v) is 15.6. The summed E-state index contributed by atoms with van der Waals surface area (Å²) in [6, 6.07) is 32.6. The van der Waals surface area contributed by atoms with Gasteiger partial charge >= 0.3 is 0 Å². The number of pyridine rings is 2. The van der Waals surface area contributed by atoms with E-state index < -0.39 is 0 Å². The molecule has 0 fully saturated rings. The molecule has 29 heavy (non-hydrogen) atoms. The average molecular weight is 368 g/mol. The Bertz CT molecular complexity index is 1760. The van der Waals surface area contributed by atoms with Gasteiger partial charge in [0.05, 0.1) is 22.1 Å². The van der Waals surface area contributed by atoms with E-state index in [-0.39, 0.29) is 0 Å². The van der Waals surface area contributed by atoms with Gasteiger partial charge in [0, 0.05) is 22.4 Å². The maximum atomic E-state index is 4.88. The molecule has 0 aliphatic rings. The van der Waals surface area contributed by atoms with Crippen LogP contribution in [0.15, 0.2) is 97.2 Å². The fourth-order valence-corrected chi connectivity index (χ4v) is 5.02.